The van der Waals surface area contributed by atoms with Crippen LogP contribution in [0.3, 0.4) is 0 Å². The van der Waals surface area contributed by atoms with E-state index in [4.69, 9.17) is 4.74 Å². The summed E-state index contributed by atoms with van der Waals surface area (Å²) in [4.78, 5) is 22.4. The van der Waals surface area contributed by atoms with Crippen LogP contribution in [-0.2, 0) is 14.8 Å². The molecular formula is C14H16N4O4S. The normalized spacial score (nSPS) is 19.6. The summed E-state index contributed by atoms with van der Waals surface area (Å²) in [6, 6.07) is 4.44. The Morgan fingerprint density at radius 1 is 1.43 bits per heavy atom. The van der Waals surface area contributed by atoms with E-state index in [2.05, 4.69) is 15.0 Å². The molecule has 9 heteroatoms. The average molecular weight is 336 g/mol. The van der Waals surface area contributed by atoms with Crippen LogP contribution in [0.5, 0.6) is 0 Å². The number of morpholine rings is 1. The van der Waals surface area contributed by atoms with Gasteiger partial charge >= 0.3 is 0 Å². The fourth-order valence-corrected chi connectivity index (χ4v) is 3.80. The first-order valence-corrected chi connectivity index (χ1v) is 8.50. The van der Waals surface area contributed by atoms with Crippen LogP contribution in [0.2, 0.25) is 0 Å². The van der Waals surface area contributed by atoms with Gasteiger partial charge < -0.3 is 9.72 Å². The fraction of sp³-hybridized carbons (Fsp3) is 0.357. The number of aromatic amines is 1. The van der Waals surface area contributed by atoms with Crippen molar-refractivity contribution >= 4 is 10.0 Å². The molecule has 0 saturated carbocycles. The summed E-state index contributed by atoms with van der Waals surface area (Å²) < 4.78 is 32.2. The van der Waals surface area contributed by atoms with Crippen LogP contribution in [-0.4, -0.2) is 47.4 Å². The second-order valence-electron chi connectivity index (χ2n) is 5.18. The highest BCUT2D eigenvalue weighted by atomic mass is 32.2. The third-order valence-corrected chi connectivity index (χ3v) is 5.34. The summed E-state index contributed by atoms with van der Waals surface area (Å²) in [6.45, 7) is 2.25. The zero-order chi connectivity index (χ0) is 16.4. The van der Waals surface area contributed by atoms with Gasteiger partial charge in [-0.25, -0.2) is 13.4 Å². The number of sulfonamides is 1. The van der Waals surface area contributed by atoms with E-state index in [0.717, 1.165) is 0 Å². The van der Waals surface area contributed by atoms with Crippen molar-refractivity contribution in [1.82, 2.24) is 19.3 Å². The van der Waals surface area contributed by atoms with E-state index in [-0.39, 0.29) is 30.2 Å². The standard InChI is InChI=1S/C14H16N4O4S/c1-10-7-13(19)17-14(16-10)12-9-18(5-6-22-12)23(20,21)11-3-2-4-15-8-11/h2-4,7-8,12H,5-6,9H2,1H3,(H,16,17,19). The maximum absolute atomic E-state index is 12.6. The molecule has 1 atom stereocenters. The van der Waals surface area contributed by atoms with Crippen molar-refractivity contribution in [2.45, 2.75) is 17.9 Å². The molecule has 23 heavy (non-hydrogen) atoms. The van der Waals surface area contributed by atoms with Gasteiger partial charge in [0.2, 0.25) is 10.0 Å². The highest BCUT2D eigenvalue weighted by Crippen LogP contribution is 2.23. The Balaban J connectivity index is 1.88. The van der Waals surface area contributed by atoms with Gasteiger partial charge in [0.05, 0.1) is 6.61 Å². The molecule has 1 aliphatic rings. The lowest BCUT2D eigenvalue weighted by molar-refractivity contribution is -0.00774. The molecule has 122 valence electrons. The first-order valence-electron chi connectivity index (χ1n) is 7.06. The zero-order valence-electron chi connectivity index (χ0n) is 12.5. The molecule has 0 radical (unpaired) electrons. The maximum atomic E-state index is 12.6. The molecule has 8 nitrogen and oxygen atoms in total. The van der Waals surface area contributed by atoms with E-state index >= 15 is 0 Å². The Kier molecular flexibility index (Phi) is 4.24. The van der Waals surface area contributed by atoms with Gasteiger partial charge in [0.1, 0.15) is 16.8 Å². The van der Waals surface area contributed by atoms with Crippen LogP contribution in [0.1, 0.15) is 17.6 Å². The first-order chi connectivity index (χ1) is 11.0. The number of H-pyrrole nitrogens is 1. The number of aryl methyl sites for hydroxylation is 1. The third kappa shape index (κ3) is 3.31. The number of nitrogens with zero attached hydrogens (tertiary/aromatic N) is 3. The number of aromatic nitrogens is 3. The molecule has 3 heterocycles. The largest absolute Gasteiger partial charge is 0.368 e. The zero-order valence-corrected chi connectivity index (χ0v) is 13.3. The molecule has 3 rings (SSSR count). The van der Waals surface area contributed by atoms with E-state index < -0.39 is 16.1 Å². The lowest BCUT2D eigenvalue weighted by Gasteiger charge is -2.31. The van der Waals surface area contributed by atoms with Crippen molar-refractivity contribution in [3.05, 3.63) is 52.5 Å². The van der Waals surface area contributed by atoms with Gasteiger partial charge in [0, 0.05) is 37.2 Å². The van der Waals surface area contributed by atoms with Crippen LogP contribution in [0.25, 0.3) is 0 Å². The molecular weight excluding hydrogens is 320 g/mol. The van der Waals surface area contributed by atoms with Crippen LogP contribution < -0.4 is 5.56 Å². The summed E-state index contributed by atoms with van der Waals surface area (Å²) in [5.74, 6) is 0.334. The van der Waals surface area contributed by atoms with Gasteiger partial charge in [-0.05, 0) is 19.1 Å². The number of ether oxygens (including phenoxy) is 1. The molecule has 0 spiro atoms. The van der Waals surface area contributed by atoms with Gasteiger partial charge in [0.25, 0.3) is 5.56 Å². The number of hydrogen-bond acceptors (Lipinski definition) is 6. The molecule has 0 aliphatic carbocycles. The molecule has 0 amide bonds. The summed E-state index contributed by atoms with van der Waals surface area (Å²) in [5.41, 5.74) is 0.267. The van der Waals surface area contributed by atoms with Gasteiger partial charge in [0.15, 0.2) is 0 Å². The maximum Gasteiger partial charge on any atom is 0.251 e. The second kappa shape index (κ2) is 6.19. The van der Waals surface area contributed by atoms with Crippen molar-refractivity contribution in [3.8, 4) is 0 Å². The van der Waals surface area contributed by atoms with Crippen LogP contribution >= 0.6 is 0 Å². The summed E-state index contributed by atoms with van der Waals surface area (Å²) in [7, 11) is -3.65. The quantitative estimate of drug-likeness (QED) is 0.860. The minimum absolute atomic E-state index is 0.0869. The Labute approximate surface area is 133 Å². The lowest BCUT2D eigenvalue weighted by atomic mass is 10.3. The monoisotopic (exact) mass is 336 g/mol. The number of hydrogen-bond donors (Lipinski definition) is 1. The van der Waals surface area contributed by atoms with E-state index in [9.17, 15) is 13.2 Å². The van der Waals surface area contributed by atoms with Crippen LogP contribution in [0, 0.1) is 6.92 Å². The minimum Gasteiger partial charge on any atom is -0.368 e. The summed E-state index contributed by atoms with van der Waals surface area (Å²) in [5, 5.41) is 0. The van der Waals surface area contributed by atoms with Gasteiger partial charge in [-0.1, -0.05) is 0 Å². The van der Waals surface area contributed by atoms with Gasteiger partial charge in [-0.15, -0.1) is 0 Å². The molecule has 2 aromatic heterocycles. The Bertz CT molecular complexity index is 851. The van der Waals surface area contributed by atoms with E-state index in [1.54, 1.807) is 13.0 Å². The molecule has 1 N–H and O–H groups in total. The predicted molar refractivity (Wildman–Crippen MR) is 81.3 cm³/mol. The SMILES string of the molecule is Cc1cc(=O)[nH]c(C2CN(S(=O)(=O)c3cccnc3)CCO2)n1. The molecule has 2 aromatic rings. The second-order valence-corrected chi connectivity index (χ2v) is 7.12. The third-order valence-electron chi connectivity index (χ3n) is 3.49. The van der Waals surface area contributed by atoms with Crippen molar-refractivity contribution in [2.24, 2.45) is 0 Å². The molecule has 0 aromatic carbocycles. The molecule has 1 aliphatic heterocycles. The van der Waals surface area contributed by atoms with E-state index in [1.165, 1.54) is 28.8 Å². The van der Waals surface area contributed by atoms with Crippen LogP contribution in [0.15, 0.2) is 40.3 Å². The molecule has 1 saturated heterocycles. The minimum atomic E-state index is -3.65. The Hall–Kier alpha value is -2.10. The summed E-state index contributed by atoms with van der Waals surface area (Å²) in [6.07, 6.45) is 2.22. The van der Waals surface area contributed by atoms with Gasteiger partial charge in [-0.2, -0.15) is 4.31 Å². The van der Waals surface area contributed by atoms with Crippen molar-refractivity contribution < 1.29 is 13.2 Å². The number of pyridine rings is 1. The fourth-order valence-electron chi connectivity index (χ4n) is 2.41. The highest BCUT2D eigenvalue weighted by molar-refractivity contribution is 7.89. The predicted octanol–water partition coefficient (Wildman–Crippen LogP) is 0.236. The van der Waals surface area contributed by atoms with Gasteiger partial charge in [-0.3, -0.25) is 9.78 Å². The summed E-state index contributed by atoms with van der Waals surface area (Å²) >= 11 is 0. The van der Waals surface area contributed by atoms with E-state index in [0.29, 0.717) is 11.5 Å². The smallest absolute Gasteiger partial charge is 0.251 e. The number of nitrogens with one attached hydrogen (secondary N) is 1. The molecule has 1 fully saturated rings. The Morgan fingerprint density at radius 2 is 2.26 bits per heavy atom. The molecule has 0 bridgehead atoms. The highest BCUT2D eigenvalue weighted by Gasteiger charge is 2.32. The average Bonchev–Trinajstić information content (AvgIpc) is 2.55. The molecule has 1 unspecified atom stereocenters. The Morgan fingerprint density at radius 3 is 2.96 bits per heavy atom. The topological polar surface area (TPSA) is 105 Å². The first kappa shape index (κ1) is 15.8. The number of rotatable bonds is 3. The van der Waals surface area contributed by atoms with Crippen molar-refractivity contribution in [2.75, 3.05) is 19.7 Å². The van der Waals surface area contributed by atoms with Crippen LogP contribution in [0.4, 0.5) is 0 Å². The van der Waals surface area contributed by atoms with Crippen molar-refractivity contribution in [3.63, 3.8) is 0 Å². The lowest BCUT2D eigenvalue weighted by Crippen LogP contribution is -2.43. The van der Waals surface area contributed by atoms with E-state index in [1.807, 2.05) is 0 Å². The van der Waals surface area contributed by atoms with Crippen molar-refractivity contribution in [1.29, 1.82) is 0 Å².